The highest BCUT2D eigenvalue weighted by Crippen LogP contribution is 2.49. The zero-order valence-corrected chi connectivity index (χ0v) is 12.6. The third-order valence-corrected chi connectivity index (χ3v) is 4.24. The summed E-state index contributed by atoms with van der Waals surface area (Å²) in [5.74, 6) is -0.195. The Morgan fingerprint density at radius 2 is 1.77 bits per heavy atom. The van der Waals surface area contributed by atoms with E-state index in [9.17, 15) is 4.79 Å². The molecule has 0 saturated heterocycles. The van der Waals surface area contributed by atoms with Gasteiger partial charge in [0.05, 0.1) is 17.0 Å². The quantitative estimate of drug-likeness (QED) is 0.802. The second kappa shape index (κ2) is 5.82. The van der Waals surface area contributed by atoms with Crippen molar-refractivity contribution in [2.45, 2.75) is 24.9 Å². The molecule has 22 heavy (non-hydrogen) atoms. The molecule has 0 aromatic heterocycles. The Balaban J connectivity index is 1.66. The summed E-state index contributed by atoms with van der Waals surface area (Å²) in [6.07, 6.45) is 1.61. The van der Waals surface area contributed by atoms with Crippen LogP contribution >= 0.6 is 11.6 Å². The molecule has 110 valence electrons. The fraction of sp³-hybridized carbons (Fsp3) is 0.222. The van der Waals surface area contributed by atoms with Crippen LogP contribution in [0, 0.1) is 11.3 Å². The van der Waals surface area contributed by atoms with Gasteiger partial charge in [0, 0.05) is 5.02 Å². The van der Waals surface area contributed by atoms with Gasteiger partial charge in [-0.25, -0.2) is 0 Å². The summed E-state index contributed by atoms with van der Waals surface area (Å²) in [7, 11) is 0. The summed E-state index contributed by atoms with van der Waals surface area (Å²) in [5, 5.41) is 9.42. The van der Waals surface area contributed by atoms with Crippen LogP contribution in [-0.4, -0.2) is 5.97 Å². The Hall–Kier alpha value is -2.31. The maximum atomic E-state index is 12.4. The molecule has 4 heteroatoms. The SMILES string of the molecule is N#Cc1ccc(COC(=O)C2(c3ccc(Cl)cc3)CC2)cc1. The van der Waals surface area contributed by atoms with Gasteiger partial charge in [-0.15, -0.1) is 0 Å². The van der Waals surface area contributed by atoms with Crippen molar-refractivity contribution in [1.82, 2.24) is 0 Å². The highest BCUT2D eigenvalue weighted by Gasteiger charge is 2.52. The Bertz CT molecular complexity index is 725. The lowest BCUT2D eigenvalue weighted by Gasteiger charge is -2.15. The molecule has 1 fully saturated rings. The summed E-state index contributed by atoms with van der Waals surface area (Å²) in [5.41, 5.74) is 1.92. The van der Waals surface area contributed by atoms with E-state index in [0.717, 1.165) is 24.0 Å². The molecular formula is C18H14ClNO2. The lowest BCUT2D eigenvalue weighted by Crippen LogP contribution is -2.23. The molecule has 2 aromatic rings. The molecule has 0 atom stereocenters. The number of nitriles is 1. The maximum Gasteiger partial charge on any atom is 0.316 e. The lowest BCUT2D eigenvalue weighted by molar-refractivity contribution is -0.148. The van der Waals surface area contributed by atoms with E-state index in [1.165, 1.54) is 0 Å². The van der Waals surface area contributed by atoms with Crippen LogP contribution in [0.25, 0.3) is 0 Å². The Morgan fingerprint density at radius 1 is 1.14 bits per heavy atom. The molecule has 1 saturated carbocycles. The largest absolute Gasteiger partial charge is 0.460 e. The van der Waals surface area contributed by atoms with Crippen molar-refractivity contribution in [2.24, 2.45) is 0 Å². The average Bonchev–Trinajstić information content (AvgIpc) is 3.35. The molecule has 1 aliphatic rings. The number of ether oxygens (including phenoxy) is 1. The third kappa shape index (κ3) is 2.84. The van der Waals surface area contributed by atoms with Gasteiger partial charge >= 0.3 is 5.97 Å². The zero-order valence-electron chi connectivity index (χ0n) is 11.9. The molecular weight excluding hydrogens is 298 g/mol. The van der Waals surface area contributed by atoms with E-state index in [2.05, 4.69) is 6.07 Å². The second-order valence-electron chi connectivity index (χ2n) is 5.47. The van der Waals surface area contributed by atoms with E-state index in [1.54, 1.807) is 36.4 Å². The number of hydrogen-bond acceptors (Lipinski definition) is 3. The highest BCUT2D eigenvalue weighted by atomic mass is 35.5. The van der Waals surface area contributed by atoms with Crippen molar-refractivity contribution in [3.63, 3.8) is 0 Å². The van der Waals surface area contributed by atoms with Crippen molar-refractivity contribution in [3.8, 4) is 6.07 Å². The Labute approximate surface area is 134 Å². The van der Waals surface area contributed by atoms with Gasteiger partial charge in [-0.3, -0.25) is 4.79 Å². The number of benzene rings is 2. The third-order valence-electron chi connectivity index (χ3n) is 3.99. The summed E-state index contributed by atoms with van der Waals surface area (Å²) in [4.78, 5) is 12.4. The molecule has 2 aromatic carbocycles. The molecule has 0 heterocycles. The molecule has 0 bridgehead atoms. The summed E-state index contributed by atoms with van der Waals surface area (Å²) in [6.45, 7) is 0.222. The van der Waals surface area contributed by atoms with Crippen molar-refractivity contribution in [2.75, 3.05) is 0 Å². The van der Waals surface area contributed by atoms with E-state index < -0.39 is 5.41 Å². The zero-order chi connectivity index (χ0) is 15.6. The molecule has 0 aliphatic heterocycles. The molecule has 0 unspecified atom stereocenters. The smallest absolute Gasteiger partial charge is 0.316 e. The first-order chi connectivity index (χ1) is 10.6. The Morgan fingerprint density at radius 3 is 2.32 bits per heavy atom. The van der Waals surface area contributed by atoms with Crippen LogP contribution in [0.3, 0.4) is 0 Å². The van der Waals surface area contributed by atoms with Crippen LogP contribution in [0.15, 0.2) is 48.5 Å². The number of carbonyl (C=O) groups is 1. The topological polar surface area (TPSA) is 50.1 Å². The first kappa shape index (κ1) is 14.6. The van der Waals surface area contributed by atoms with Crippen LogP contribution in [0.5, 0.6) is 0 Å². The average molecular weight is 312 g/mol. The maximum absolute atomic E-state index is 12.4. The van der Waals surface area contributed by atoms with E-state index in [0.29, 0.717) is 10.6 Å². The van der Waals surface area contributed by atoms with Gasteiger partial charge < -0.3 is 4.74 Å². The van der Waals surface area contributed by atoms with E-state index in [4.69, 9.17) is 21.6 Å². The van der Waals surface area contributed by atoms with Crippen LogP contribution in [0.2, 0.25) is 5.02 Å². The highest BCUT2D eigenvalue weighted by molar-refractivity contribution is 6.30. The van der Waals surface area contributed by atoms with Crippen LogP contribution < -0.4 is 0 Å². The van der Waals surface area contributed by atoms with Gasteiger partial charge in [0.15, 0.2) is 0 Å². The lowest BCUT2D eigenvalue weighted by atomic mass is 9.96. The predicted octanol–water partition coefficient (Wildman–Crippen LogP) is 3.99. The number of nitrogens with zero attached hydrogens (tertiary/aromatic N) is 1. The summed E-state index contributed by atoms with van der Waals surface area (Å²) in [6, 6.07) is 16.5. The molecule has 0 amide bonds. The summed E-state index contributed by atoms with van der Waals surface area (Å²) < 4.78 is 5.46. The van der Waals surface area contributed by atoms with Gasteiger partial charge in [0.2, 0.25) is 0 Å². The first-order valence-corrected chi connectivity index (χ1v) is 7.44. The molecule has 0 spiro atoms. The normalized spacial score (nSPS) is 14.9. The molecule has 0 radical (unpaired) electrons. The van der Waals surface area contributed by atoms with Crippen molar-refractivity contribution in [1.29, 1.82) is 5.26 Å². The van der Waals surface area contributed by atoms with Crippen LogP contribution in [-0.2, 0) is 21.6 Å². The molecule has 3 rings (SSSR count). The predicted molar refractivity (Wildman–Crippen MR) is 83.3 cm³/mol. The fourth-order valence-electron chi connectivity index (χ4n) is 2.47. The molecule has 3 nitrogen and oxygen atoms in total. The van der Waals surface area contributed by atoms with Crippen molar-refractivity contribution >= 4 is 17.6 Å². The van der Waals surface area contributed by atoms with Gasteiger partial charge in [0.1, 0.15) is 6.61 Å². The molecule has 0 N–H and O–H groups in total. The standard InChI is InChI=1S/C18H14ClNO2/c19-16-7-5-15(6-8-16)18(9-10-18)17(21)22-12-14-3-1-13(11-20)2-4-14/h1-8H,9-10,12H2. The first-order valence-electron chi connectivity index (χ1n) is 7.06. The van der Waals surface area contributed by atoms with E-state index >= 15 is 0 Å². The number of halogens is 1. The van der Waals surface area contributed by atoms with Crippen LogP contribution in [0.4, 0.5) is 0 Å². The minimum atomic E-state index is -0.503. The van der Waals surface area contributed by atoms with Gasteiger partial charge in [-0.2, -0.15) is 5.26 Å². The number of hydrogen-bond donors (Lipinski definition) is 0. The minimum Gasteiger partial charge on any atom is -0.460 e. The Kier molecular flexibility index (Phi) is 3.87. The van der Waals surface area contributed by atoms with Crippen molar-refractivity contribution < 1.29 is 9.53 Å². The minimum absolute atomic E-state index is 0.195. The van der Waals surface area contributed by atoms with Crippen LogP contribution in [0.1, 0.15) is 29.5 Å². The number of esters is 1. The monoisotopic (exact) mass is 311 g/mol. The van der Waals surface area contributed by atoms with Crippen molar-refractivity contribution in [3.05, 3.63) is 70.2 Å². The fourth-order valence-corrected chi connectivity index (χ4v) is 2.59. The summed E-state index contributed by atoms with van der Waals surface area (Å²) >= 11 is 5.89. The van der Waals surface area contributed by atoms with Gasteiger partial charge in [0.25, 0.3) is 0 Å². The number of carbonyl (C=O) groups excluding carboxylic acids is 1. The molecule has 1 aliphatic carbocycles. The number of rotatable bonds is 4. The second-order valence-corrected chi connectivity index (χ2v) is 5.91. The van der Waals surface area contributed by atoms with E-state index in [1.807, 2.05) is 12.1 Å². The van der Waals surface area contributed by atoms with Gasteiger partial charge in [-0.1, -0.05) is 35.9 Å². The van der Waals surface area contributed by atoms with E-state index in [-0.39, 0.29) is 12.6 Å². The van der Waals surface area contributed by atoms with Gasteiger partial charge in [-0.05, 0) is 48.2 Å².